The van der Waals surface area contributed by atoms with Crippen LogP contribution in [0.3, 0.4) is 0 Å². The van der Waals surface area contributed by atoms with Crippen molar-refractivity contribution >= 4 is 11.4 Å². The van der Waals surface area contributed by atoms with Crippen molar-refractivity contribution in [2.45, 2.75) is 45.4 Å². The summed E-state index contributed by atoms with van der Waals surface area (Å²) in [6.45, 7) is 4.34. The minimum atomic E-state index is 0.0918. The van der Waals surface area contributed by atoms with Crippen LogP contribution >= 0.6 is 0 Å². The number of carbonyl (C=O) groups excluding carboxylic acids is 1. The normalized spacial score (nSPS) is 20.7. The van der Waals surface area contributed by atoms with E-state index < -0.39 is 0 Å². The fraction of sp³-hybridized carbons (Fsp3) is 0.348. The SMILES string of the molecule is CCCC1=C(c2ccccc2)C(c2ccccc2)C(CCC)C1=O. The van der Waals surface area contributed by atoms with E-state index in [-0.39, 0.29) is 11.8 Å². The molecule has 0 amide bonds. The third-order valence-electron chi connectivity index (χ3n) is 5.02. The molecule has 0 radical (unpaired) electrons. The first kappa shape index (κ1) is 16.7. The molecule has 0 saturated heterocycles. The Labute approximate surface area is 145 Å². The highest BCUT2D eigenvalue weighted by atomic mass is 16.1. The van der Waals surface area contributed by atoms with Crippen molar-refractivity contribution in [3.63, 3.8) is 0 Å². The highest BCUT2D eigenvalue weighted by Crippen LogP contribution is 2.49. The summed E-state index contributed by atoms with van der Waals surface area (Å²) < 4.78 is 0. The van der Waals surface area contributed by atoms with Crippen molar-refractivity contribution in [1.29, 1.82) is 0 Å². The maximum absolute atomic E-state index is 13.2. The molecule has 2 unspecified atom stereocenters. The minimum Gasteiger partial charge on any atom is -0.294 e. The molecule has 2 aromatic carbocycles. The summed E-state index contributed by atoms with van der Waals surface area (Å²) >= 11 is 0. The molecule has 0 fully saturated rings. The zero-order valence-electron chi connectivity index (χ0n) is 14.7. The number of carbonyl (C=O) groups is 1. The Morgan fingerprint density at radius 3 is 2.04 bits per heavy atom. The van der Waals surface area contributed by atoms with E-state index >= 15 is 0 Å². The summed E-state index contributed by atoms with van der Waals surface area (Å²) in [5, 5.41) is 0. The van der Waals surface area contributed by atoms with Gasteiger partial charge < -0.3 is 0 Å². The van der Waals surface area contributed by atoms with Crippen LogP contribution in [0.15, 0.2) is 66.2 Å². The predicted octanol–water partition coefficient (Wildman–Crippen LogP) is 6.02. The van der Waals surface area contributed by atoms with Gasteiger partial charge >= 0.3 is 0 Å². The molecule has 3 rings (SSSR count). The Morgan fingerprint density at radius 1 is 0.833 bits per heavy atom. The second-order valence-electron chi connectivity index (χ2n) is 6.66. The third kappa shape index (κ3) is 3.08. The summed E-state index contributed by atoms with van der Waals surface area (Å²) in [4.78, 5) is 13.2. The van der Waals surface area contributed by atoms with Crippen molar-refractivity contribution in [2.75, 3.05) is 0 Å². The van der Waals surface area contributed by atoms with Gasteiger partial charge in [-0.1, -0.05) is 87.4 Å². The molecule has 0 spiro atoms. The second-order valence-corrected chi connectivity index (χ2v) is 6.66. The molecule has 0 saturated carbocycles. The Hall–Kier alpha value is -2.15. The monoisotopic (exact) mass is 318 g/mol. The molecule has 0 aromatic heterocycles. The smallest absolute Gasteiger partial charge is 0.163 e. The summed E-state index contributed by atoms with van der Waals surface area (Å²) in [6, 6.07) is 21.1. The van der Waals surface area contributed by atoms with Crippen molar-refractivity contribution in [3.05, 3.63) is 77.4 Å². The van der Waals surface area contributed by atoms with E-state index in [1.807, 2.05) is 12.1 Å². The van der Waals surface area contributed by atoms with E-state index in [4.69, 9.17) is 0 Å². The molecule has 1 heteroatoms. The van der Waals surface area contributed by atoms with Crippen LogP contribution in [0.4, 0.5) is 0 Å². The van der Waals surface area contributed by atoms with Gasteiger partial charge in [0.2, 0.25) is 0 Å². The number of allylic oxidation sites excluding steroid dienone is 2. The predicted molar refractivity (Wildman–Crippen MR) is 101 cm³/mol. The number of Topliss-reactive ketones (excluding diaryl/α,β-unsaturated/α-hetero) is 1. The largest absolute Gasteiger partial charge is 0.294 e. The standard InChI is InChI=1S/C23H26O/c1-3-11-19-21(17-13-7-5-8-14-17)22(18-15-9-6-10-16-18)20(12-4-2)23(19)24/h5-10,13-16,19,21H,3-4,11-12H2,1-2H3. The van der Waals surface area contributed by atoms with Crippen LogP contribution in [-0.4, -0.2) is 5.78 Å². The summed E-state index contributed by atoms with van der Waals surface area (Å²) in [7, 11) is 0. The zero-order chi connectivity index (χ0) is 16.9. The molecule has 124 valence electrons. The van der Waals surface area contributed by atoms with Crippen LogP contribution in [0.25, 0.3) is 5.57 Å². The van der Waals surface area contributed by atoms with Crippen LogP contribution in [0.1, 0.15) is 56.6 Å². The second kappa shape index (κ2) is 7.61. The van der Waals surface area contributed by atoms with E-state index in [1.54, 1.807) is 0 Å². The van der Waals surface area contributed by atoms with Gasteiger partial charge in [0.25, 0.3) is 0 Å². The average Bonchev–Trinajstić information content (AvgIpc) is 2.90. The van der Waals surface area contributed by atoms with Crippen LogP contribution in [-0.2, 0) is 4.79 Å². The van der Waals surface area contributed by atoms with Gasteiger partial charge in [-0.3, -0.25) is 4.79 Å². The van der Waals surface area contributed by atoms with E-state index in [1.165, 1.54) is 16.7 Å². The fourth-order valence-electron chi connectivity index (χ4n) is 4.04. The minimum absolute atomic E-state index is 0.0918. The highest BCUT2D eigenvalue weighted by Gasteiger charge is 2.41. The molecule has 0 heterocycles. The van der Waals surface area contributed by atoms with Gasteiger partial charge in [0, 0.05) is 11.8 Å². The fourth-order valence-corrected chi connectivity index (χ4v) is 4.04. The molecule has 2 atom stereocenters. The maximum atomic E-state index is 13.2. The lowest BCUT2D eigenvalue weighted by atomic mass is 9.80. The molecule has 1 aliphatic carbocycles. The summed E-state index contributed by atoms with van der Waals surface area (Å²) in [6.07, 6.45) is 3.90. The Morgan fingerprint density at radius 2 is 1.46 bits per heavy atom. The van der Waals surface area contributed by atoms with E-state index in [9.17, 15) is 4.79 Å². The number of benzene rings is 2. The first-order chi connectivity index (χ1) is 11.8. The summed E-state index contributed by atoms with van der Waals surface area (Å²) in [5.74, 6) is 0.670. The molecule has 0 N–H and O–H groups in total. The zero-order valence-corrected chi connectivity index (χ0v) is 14.7. The Balaban J connectivity index is 2.17. The van der Waals surface area contributed by atoms with Crippen molar-refractivity contribution in [3.8, 4) is 0 Å². The van der Waals surface area contributed by atoms with Crippen molar-refractivity contribution < 1.29 is 4.79 Å². The molecule has 2 aromatic rings. The first-order valence-corrected chi connectivity index (χ1v) is 9.15. The van der Waals surface area contributed by atoms with Crippen LogP contribution < -0.4 is 0 Å². The molecule has 0 bridgehead atoms. The average molecular weight is 318 g/mol. The lowest BCUT2D eigenvalue weighted by Gasteiger charge is -2.22. The number of hydrogen-bond acceptors (Lipinski definition) is 1. The lowest BCUT2D eigenvalue weighted by Crippen LogP contribution is -2.16. The molecule has 1 aliphatic rings. The van der Waals surface area contributed by atoms with Crippen LogP contribution in [0.2, 0.25) is 0 Å². The maximum Gasteiger partial charge on any atom is 0.163 e. The topological polar surface area (TPSA) is 17.1 Å². The third-order valence-corrected chi connectivity index (χ3v) is 5.02. The summed E-state index contributed by atoms with van der Waals surface area (Å²) in [5.41, 5.74) is 4.82. The van der Waals surface area contributed by atoms with E-state index in [2.05, 4.69) is 62.4 Å². The van der Waals surface area contributed by atoms with Gasteiger partial charge in [0.1, 0.15) is 0 Å². The Kier molecular flexibility index (Phi) is 5.30. The van der Waals surface area contributed by atoms with Crippen LogP contribution in [0.5, 0.6) is 0 Å². The molecule has 24 heavy (non-hydrogen) atoms. The van der Waals surface area contributed by atoms with E-state index in [0.717, 1.165) is 31.3 Å². The quantitative estimate of drug-likeness (QED) is 0.636. The number of hydrogen-bond donors (Lipinski definition) is 0. The molecular formula is C23H26O. The van der Waals surface area contributed by atoms with Gasteiger partial charge in [0.15, 0.2) is 5.78 Å². The number of ketones is 1. The molecule has 0 aliphatic heterocycles. The lowest BCUT2D eigenvalue weighted by molar-refractivity contribution is -0.119. The van der Waals surface area contributed by atoms with Crippen molar-refractivity contribution in [2.24, 2.45) is 5.92 Å². The van der Waals surface area contributed by atoms with Gasteiger partial charge in [-0.15, -0.1) is 0 Å². The van der Waals surface area contributed by atoms with Crippen LogP contribution in [0, 0.1) is 5.92 Å². The molecular weight excluding hydrogens is 292 g/mol. The van der Waals surface area contributed by atoms with Gasteiger partial charge in [-0.05, 0) is 35.1 Å². The first-order valence-electron chi connectivity index (χ1n) is 9.15. The Bertz CT molecular complexity index is 712. The van der Waals surface area contributed by atoms with Gasteiger partial charge in [0.05, 0.1) is 0 Å². The van der Waals surface area contributed by atoms with Gasteiger partial charge in [-0.2, -0.15) is 0 Å². The number of rotatable bonds is 6. The van der Waals surface area contributed by atoms with Crippen molar-refractivity contribution in [1.82, 2.24) is 0 Å². The molecule has 1 nitrogen and oxygen atoms in total. The van der Waals surface area contributed by atoms with E-state index in [0.29, 0.717) is 5.78 Å². The highest BCUT2D eigenvalue weighted by molar-refractivity contribution is 6.11. The van der Waals surface area contributed by atoms with Gasteiger partial charge in [-0.25, -0.2) is 0 Å².